The quantitative estimate of drug-likeness (QED) is 0.657. The Labute approximate surface area is 203 Å². The van der Waals surface area contributed by atoms with Crippen LogP contribution in [0.25, 0.3) is 0 Å². The van der Waals surface area contributed by atoms with Crippen LogP contribution >= 0.6 is 0 Å². The van der Waals surface area contributed by atoms with Crippen molar-refractivity contribution in [3.05, 3.63) is 47.7 Å². The van der Waals surface area contributed by atoms with Gasteiger partial charge in [-0.2, -0.15) is 4.98 Å². The number of aromatic nitrogens is 2. The molecule has 0 aliphatic carbocycles. The highest BCUT2D eigenvalue weighted by molar-refractivity contribution is 5.90. The molecule has 34 heavy (non-hydrogen) atoms. The molecular weight excluding hydrogens is 428 g/mol. The van der Waals surface area contributed by atoms with Crippen molar-refractivity contribution in [1.29, 1.82) is 0 Å². The van der Waals surface area contributed by atoms with Gasteiger partial charge >= 0.3 is 6.09 Å². The van der Waals surface area contributed by atoms with Crippen LogP contribution in [0.5, 0.6) is 0 Å². The Morgan fingerprint density at radius 2 is 1.76 bits per heavy atom. The lowest BCUT2D eigenvalue weighted by atomic mass is 9.89. The molecule has 0 bridgehead atoms. The number of anilines is 2. The Morgan fingerprint density at radius 1 is 1.09 bits per heavy atom. The summed E-state index contributed by atoms with van der Waals surface area (Å²) in [5, 5.41) is 3.39. The van der Waals surface area contributed by atoms with E-state index in [1.807, 2.05) is 13.8 Å². The topological polar surface area (TPSA) is 73.8 Å². The highest BCUT2D eigenvalue weighted by atomic mass is 16.6. The molecule has 2 saturated heterocycles. The van der Waals surface area contributed by atoms with Crippen molar-refractivity contribution in [3.8, 4) is 0 Å². The SMILES string of the molecule is CC(C)[C@@H]1N(c2ccnc(N[C@@H](C)c3ccc(CN4CCN(C)CC4)cc3)n2)C(=O)OC1(C)C. The zero-order valence-corrected chi connectivity index (χ0v) is 21.3. The second kappa shape index (κ2) is 9.88. The summed E-state index contributed by atoms with van der Waals surface area (Å²) in [5.41, 5.74) is 1.91. The summed E-state index contributed by atoms with van der Waals surface area (Å²) in [5.74, 6) is 1.27. The molecule has 1 aromatic heterocycles. The van der Waals surface area contributed by atoms with Gasteiger partial charge in [0.15, 0.2) is 0 Å². The lowest BCUT2D eigenvalue weighted by molar-refractivity contribution is 0.0592. The van der Waals surface area contributed by atoms with E-state index >= 15 is 0 Å². The summed E-state index contributed by atoms with van der Waals surface area (Å²) in [7, 11) is 2.18. The molecule has 2 aromatic rings. The van der Waals surface area contributed by atoms with Gasteiger partial charge in [-0.05, 0) is 50.9 Å². The van der Waals surface area contributed by atoms with Gasteiger partial charge < -0.3 is 15.0 Å². The summed E-state index contributed by atoms with van der Waals surface area (Å²) >= 11 is 0. The average molecular weight is 467 g/mol. The standard InChI is InChI=1S/C26H38N6O2/c1-18(2)23-26(4,5)34-25(33)32(23)22-11-12-27-24(29-22)28-19(3)21-9-7-20(8-10-21)17-31-15-13-30(6)14-16-31/h7-12,18-19,23H,13-17H2,1-6H3,(H,27,28,29)/t19-,23-/m0/s1. The van der Waals surface area contributed by atoms with Crippen LogP contribution in [-0.2, 0) is 11.3 Å². The van der Waals surface area contributed by atoms with E-state index < -0.39 is 5.60 Å². The summed E-state index contributed by atoms with van der Waals surface area (Å²) in [6.45, 7) is 15.7. The molecule has 2 fully saturated rings. The van der Waals surface area contributed by atoms with Gasteiger partial charge in [0.05, 0.1) is 12.1 Å². The first-order chi connectivity index (χ1) is 16.1. The monoisotopic (exact) mass is 466 g/mol. The fraction of sp³-hybridized carbons (Fsp3) is 0.577. The van der Waals surface area contributed by atoms with Gasteiger partial charge in [-0.1, -0.05) is 38.1 Å². The first-order valence-corrected chi connectivity index (χ1v) is 12.3. The maximum absolute atomic E-state index is 12.7. The first-order valence-electron chi connectivity index (χ1n) is 12.3. The molecule has 1 amide bonds. The molecule has 184 valence electrons. The fourth-order valence-corrected chi connectivity index (χ4v) is 5.10. The van der Waals surface area contributed by atoms with Crippen molar-refractivity contribution >= 4 is 17.9 Å². The summed E-state index contributed by atoms with van der Waals surface area (Å²) < 4.78 is 5.65. The molecule has 0 saturated carbocycles. The minimum absolute atomic E-state index is 0.0239. The molecule has 1 aromatic carbocycles. The molecule has 3 heterocycles. The van der Waals surface area contributed by atoms with Crippen LogP contribution in [0.4, 0.5) is 16.6 Å². The molecular formula is C26H38N6O2. The third kappa shape index (κ3) is 5.33. The van der Waals surface area contributed by atoms with Crippen LogP contribution in [0.2, 0.25) is 0 Å². The van der Waals surface area contributed by atoms with Crippen LogP contribution in [0, 0.1) is 5.92 Å². The summed E-state index contributed by atoms with van der Waals surface area (Å²) in [4.78, 5) is 28.3. The van der Waals surface area contributed by atoms with Gasteiger partial charge in [-0.3, -0.25) is 9.80 Å². The van der Waals surface area contributed by atoms with E-state index in [1.54, 1.807) is 17.2 Å². The van der Waals surface area contributed by atoms with E-state index in [-0.39, 0.29) is 24.1 Å². The predicted octanol–water partition coefficient (Wildman–Crippen LogP) is 4.16. The highest BCUT2D eigenvalue weighted by Gasteiger charge is 2.50. The smallest absolute Gasteiger partial charge is 0.416 e. The van der Waals surface area contributed by atoms with Gasteiger partial charge in [-0.15, -0.1) is 0 Å². The second-order valence-corrected chi connectivity index (χ2v) is 10.5. The van der Waals surface area contributed by atoms with Crippen LogP contribution in [-0.4, -0.2) is 70.7 Å². The van der Waals surface area contributed by atoms with Gasteiger partial charge in [0.2, 0.25) is 5.95 Å². The molecule has 2 aliphatic rings. The third-order valence-corrected chi connectivity index (χ3v) is 6.88. The number of likely N-dealkylation sites (N-methyl/N-ethyl adjacent to an activating group) is 1. The lowest BCUT2D eigenvalue weighted by Gasteiger charge is -2.32. The number of nitrogens with zero attached hydrogens (tertiary/aromatic N) is 5. The second-order valence-electron chi connectivity index (χ2n) is 10.5. The normalized spacial score (nSPS) is 22.1. The number of carbonyl (C=O) groups is 1. The van der Waals surface area contributed by atoms with Gasteiger partial charge in [-0.25, -0.2) is 9.78 Å². The number of ether oxygens (including phenoxy) is 1. The molecule has 0 spiro atoms. The van der Waals surface area contributed by atoms with Crippen molar-refractivity contribution in [2.24, 2.45) is 5.92 Å². The van der Waals surface area contributed by atoms with E-state index in [1.165, 1.54) is 5.56 Å². The Morgan fingerprint density at radius 3 is 2.41 bits per heavy atom. The summed E-state index contributed by atoms with van der Waals surface area (Å²) in [6.07, 6.45) is 1.32. The van der Waals surface area contributed by atoms with E-state index in [4.69, 9.17) is 4.74 Å². The number of carbonyl (C=O) groups excluding carboxylic acids is 1. The van der Waals surface area contributed by atoms with Crippen molar-refractivity contribution in [3.63, 3.8) is 0 Å². The Hall–Kier alpha value is -2.71. The number of piperazine rings is 1. The fourth-order valence-electron chi connectivity index (χ4n) is 5.10. The maximum atomic E-state index is 12.7. The Balaban J connectivity index is 1.42. The van der Waals surface area contributed by atoms with Gasteiger partial charge in [0, 0.05) is 38.9 Å². The van der Waals surface area contributed by atoms with E-state index in [0.29, 0.717) is 11.8 Å². The Kier molecular flexibility index (Phi) is 7.09. The molecule has 8 heteroatoms. The molecule has 1 N–H and O–H groups in total. The molecule has 0 radical (unpaired) electrons. The minimum Gasteiger partial charge on any atom is -0.441 e. The lowest BCUT2D eigenvalue weighted by Crippen LogP contribution is -2.45. The molecule has 2 aliphatic heterocycles. The number of amides is 1. The van der Waals surface area contributed by atoms with Crippen molar-refractivity contribution in [2.45, 2.75) is 58.8 Å². The number of nitrogens with one attached hydrogen (secondary N) is 1. The van der Waals surface area contributed by atoms with Crippen molar-refractivity contribution < 1.29 is 9.53 Å². The molecule has 0 unspecified atom stereocenters. The van der Waals surface area contributed by atoms with E-state index in [9.17, 15) is 4.79 Å². The van der Waals surface area contributed by atoms with Crippen LogP contribution < -0.4 is 10.2 Å². The minimum atomic E-state index is -0.580. The zero-order valence-electron chi connectivity index (χ0n) is 21.3. The number of rotatable bonds is 7. The van der Waals surface area contributed by atoms with E-state index in [2.05, 4.69) is 77.2 Å². The number of hydrogen-bond acceptors (Lipinski definition) is 7. The highest BCUT2D eigenvalue weighted by Crippen LogP contribution is 2.37. The Bertz CT molecular complexity index is 985. The zero-order chi connectivity index (χ0) is 24.5. The predicted molar refractivity (Wildman–Crippen MR) is 135 cm³/mol. The van der Waals surface area contributed by atoms with Gasteiger partial charge in [0.25, 0.3) is 0 Å². The van der Waals surface area contributed by atoms with E-state index in [0.717, 1.165) is 38.3 Å². The molecule has 2 atom stereocenters. The molecule has 8 nitrogen and oxygen atoms in total. The van der Waals surface area contributed by atoms with Crippen LogP contribution in [0.15, 0.2) is 36.5 Å². The number of benzene rings is 1. The van der Waals surface area contributed by atoms with Crippen molar-refractivity contribution in [2.75, 3.05) is 43.4 Å². The number of hydrogen-bond donors (Lipinski definition) is 1. The van der Waals surface area contributed by atoms with Crippen LogP contribution in [0.3, 0.4) is 0 Å². The largest absolute Gasteiger partial charge is 0.441 e. The number of cyclic esters (lactones) is 1. The maximum Gasteiger partial charge on any atom is 0.416 e. The van der Waals surface area contributed by atoms with Crippen molar-refractivity contribution in [1.82, 2.24) is 19.8 Å². The van der Waals surface area contributed by atoms with Gasteiger partial charge in [0.1, 0.15) is 11.4 Å². The van der Waals surface area contributed by atoms with Crippen LogP contribution in [0.1, 0.15) is 51.8 Å². The summed E-state index contributed by atoms with van der Waals surface area (Å²) in [6, 6.07) is 10.4. The molecule has 4 rings (SSSR count). The third-order valence-electron chi connectivity index (χ3n) is 6.88. The first kappa shape index (κ1) is 24.4. The average Bonchev–Trinajstić information content (AvgIpc) is 3.04.